The minimum Gasteiger partial charge on any atom is -0.339 e. The van der Waals surface area contributed by atoms with Crippen LogP contribution < -0.4 is 5.73 Å². The predicted octanol–water partition coefficient (Wildman–Crippen LogP) is 0.829. The zero-order valence-electron chi connectivity index (χ0n) is 12.3. The lowest BCUT2D eigenvalue weighted by molar-refractivity contribution is 0.108. The van der Waals surface area contributed by atoms with Crippen molar-refractivity contribution in [3.8, 4) is 0 Å². The van der Waals surface area contributed by atoms with E-state index in [1.165, 1.54) is 0 Å². The molecule has 0 aromatic carbocycles. The maximum atomic E-state index is 5.97. The molecule has 1 aromatic heterocycles. The topological polar surface area (TPSA) is 71.4 Å². The second-order valence-corrected chi connectivity index (χ2v) is 5.62. The van der Waals surface area contributed by atoms with E-state index in [0.717, 1.165) is 31.9 Å². The molecule has 6 heteroatoms. The molecule has 0 amide bonds. The van der Waals surface area contributed by atoms with Crippen molar-refractivity contribution in [2.75, 3.05) is 33.7 Å². The summed E-state index contributed by atoms with van der Waals surface area (Å²) in [5.41, 5.74) is 5.97. The summed E-state index contributed by atoms with van der Waals surface area (Å²) in [5.74, 6) is 1.60. The molecule has 1 saturated heterocycles. The molecular formula is C13H25N5O. The predicted molar refractivity (Wildman–Crippen MR) is 73.8 cm³/mol. The third-order valence-electron chi connectivity index (χ3n) is 4.00. The smallest absolute Gasteiger partial charge is 0.231 e. The van der Waals surface area contributed by atoms with Crippen LogP contribution in [-0.4, -0.2) is 59.7 Å². The number of aromatic nitrogens is 2. The highest BCUT2D eigenvalue weighted by atomic mass is 16.5. The van der Waals surface area contributed by atoms with Crippen molar-refractivity contribution in [3.05, 3.63) is 11.7 Å². The van der Waals surface area contributed by atoms with Gasteiger partial charge in [-0.1, -0.05) is 12.1 Å². The highest BCUT2D eigenvalue weighted by Crippen LogP contribution is 2.25. The fourth-order valence-electron chi connectivity index (χ4n) is 2.59. The molecule has 1 aromatic rings. The van der Waals surface area contributed by atoms with Crippen LogP contribution in [0.15, 0.2) is 4.52 Å². The van der Waals surface area contributed by atoms with Crippen LogP contribution in [0.2, 0.25) is 0 Å². The number of hydrogen-bond donors (Lipinski definition) is 1. The van der Waals surface area contributed by atoms with Crippen molar-refractivity contribution in [2.45, 2.75) is 38.3 Å². The van der Waals surface area contributed by atoms with Crippen molar-refractivity contribution in [1.82, 2.24) is 19.9 Å². The first kappa shape index (κ1) is 14.4. The summed E-state index contributed by atoms with van der Waals surface area (Å²) < 4.78 is 5.43. The van der Waals surface area contributed by atoms with Gasteiger partial charge in [-0.15, -0.1) is 0 Å². The standard InChI is InChI=1S/C13H25N5O/c1-5-10(9(2)14)13-15-12(16-19-13)11-8-17(3)6-7-18(11)4/h9-11H,5-8,14H2,1-4H3. The lowest BCUT2D eigenvalue weighted by atomic mass is 9.99. The minimum atomic E-state index is 0.0325. The van der Waals surface area contributed by atoms with Crippen LogP contribution >= 0.6 is 0 Å². The minimum absolute atomic E-state index is 0.0325. The molecule has 0 radical (unpaired) electrons. The van der Waals surface area contributed by atoms with E-state index in [1.54, 1.807) is 0 Å². The van der Waals surface area contributed by atoms with Crippen LogP contribution in [0.25, 0.3) is 0 Å². The average molecular weight is 267 g/mol. The van der Waals surface area contributed by atoms with Gasteiger partial charge in [0.05, 0.1) is 12.0 Å². The Morgan fingerprint density at radius 1 is 1.42 bits per heavy atom. The van der Waals surface area contributed by atoms with Gasteiger partial charge in [0.1, 0.15) is 0 Å². The van der Waals surface area contributed by atoms with Gasteiger partial charge in [-0.3, -0.25) is 4.90 Å². The van der Waals surface area contributed by atoms with Crippen molar-refractivity contribution in [2.24, 2.45) is 5.73 Å². The van der Waals surface area contributed by atoms with Crippen LogP contribution in [0.3, 0.4) is 0 Å². The summed E-state index contributed by atoms with van der Waals surface area (Å²) in [7, 11) is 4.23. The van der Waals surface area contributed by atoms with E-state index in [1.807, 2.05) is 6.92 Å². The van der Waals surface area contributed by atoms with E-state index in [-0.39, 0.29) is 18.0 Å². The van der Waals surface area contributed by atoms with E-state index in [2.05, 4.69) is 41.0 Å². The number of rotatable bonds is 4. The molecule has 3 unspecified atom stereocenters. The summed E-state index contributed by atoms with van der Waals surface area (Å²) in [5, 5.41) is 4.17. The monoisotopic (exact) mass is 267 g/mol. The second kappa shape index (κ2) is 5.98. The molecule has 0 saturated carbocycles. The molecule has 2 N–H and O–H groups in total. The lowest BCUT2D eigenvalue weighted by Crippen LogP contribution is -2.45. The Hall–Kier alpha value is -0.980. The van der Waals surface area contributed by atoms with E-state index in [0.29, 0.717) is 5.89 Å². The number of likely N-dealkylation sites (N-methyl/N-ethyl adjacent to an activating group) is 2. The molecule has 6 nitrogen and oxygen atoms in total. The summed E-state index contributed by atoms with van der Waals surface area (Å²) in [6, 6.07) is 0.242. The lowest BCUT2D eigenvalue weighted by Gasteiger charge is -2.35. The molecule has 1 fully saturated rings. The Kier molecular flexibility index (Phi) is 4.54. The molecule has 1 aliphatic rings. The average Bonchev–Trinajstić information content (AvgIpc) is 2.82. The molecule has 0 spiro atoms. The van der Waals surface area contributed by atoms with E-state index in [9.17, 15) is 0 Å². The fourth-order valence-corrected chi connectivity index (χ4v) is 2.59. The molecule has 1 aliphatic heterocycles. The number of hydrogen-bond acceptors (Lipinski definition) is 6. The number of nitrogens with two attached hydrogens (primary N) is 1. The summed E-state index contributed by atoms with van der Waals surface area (Å²) in [6.45, 7) is 7.12. The van der Waals surface area contributed by atoms with Crippen molar-refractivity contribution in [3.63, 3.8) is 0 Å². The quantitative estimate of drug-likeness (QED) is 0.871. The molecule has 3 atom stereocenters. The summed E-state index contributed by atoms with van der Waals surface area (Å²) in [6.07, 6.45) is 0.916. The van der Waals surface area contributed by atoms with E-state index >= 15 is 0 Å². The largest absolute Gasteiger partial charge is 0.339 e. The van der Waals surface area contributed by atoms with Crippen molar-refractivity contribution in [1.29, 1.82) is 0 Å². The Morgan fingerprint density at radius 3 is 2.79 bits per heavy atom. The van der Waals surface area contributed by atoms with Crippen LogP contribution in [0, 0.1) is 0 Å². The first-order chi connectivity index (χ1) is 9.02. The zero-order chi connectivity index (χ0) is 14.0. The van der Waals surface area contributed by atoms with E-state index < -0.39 is 0 Å². The Bertz CT molecular complexity index is 405. The SMILES string of the molecule is CCC(c1nc(C2CN(C)CCN2C)no1)C(C)N. The van der Waals surface area contributed by atoms with Gasteiger partial charge in [-0.05, 0) is 27.4 Å². The third kappa shape index (κ3) is 3.13. The van der Waals surface area contributed by atoms with Crippen LogP contribution in [0.1, 0.15) is 43.9 Å². The molecule has 0 bridgehead atoms. The first-order valence-electron chi connectivity index (χ1n) is 7.00. The van der Waals surface area contributed by atoms with Crippen LogP contribution in [-0.2, 0) is 0 Å². The zero-order valence-corrected chi connectivity index (χ0v) is 12.3. The van der Waals surface area contributed by atoms with Gasteiger partial charge in [0, 0.05) is 25.7 Å². The third-order valence-corrected chi connectivity index (χ3v) is 4.00. The molecular weight excluding hydrogens is 242 g/mol. The molecule has 2 heterocycles. The Balaban J connectivity index is 2.15. The van der Waals surface area contributed by atoms with Crippen molar-refractivity contribution < 1.29 is 4.52 Å². The maximum absolute atomic E-state index is 5.97. The van der Waals surface area contributed by atoms with Gasteiger partial charge < -0.3 is 15.2 Å². The van der Waals surface area contributed by atoms with Gasteiger partial charge in [-0.2, -0.15) is 4.98 Å². The van der Waals surface area contributed by atoms with Gasteiger partial charge in [-0.25, -0.2) is 0 Å². The molecule has 108 valence electrons. The highest BCUT2D eigenvalue weighted by Gasteiger charge is 2.29. The molecule has 2 rings (SSSR count). The molecule has 0 aliphatic carbocycles. The Morgan fingerprint density at radius 2 is 2.16 bits per heavy atom. The molecule has 19 heavy (non-hydrogen) atoms. The maximum Gasteiger partial charge on any atom is 0.231 e. The second-order valence-electron chi connectivity index (χ2n) is 5.62. The highest BCUT2D eigenvalue weighted by molar-refractivity contribution is 5.02. The fraction of sp³-hybridized carbons (Fsp3) is 0.846. The van der Waals surface area contributed by atoms with Gasteiger partial charge in [0.2, 0.25) is 5.89 Å². The van der Waals surface area contributed by atoms with Gasteiger partial charge in [0.15, 0.2) is 5.82 Å². The van der Waals surface area contributed by atoms with Crippen molar-refractivity contribution >= 4 is 0 Å². The number of piperazine rings is 1. The summed E-state index contributed by atoms with van der Waals surface area (Å²) in [4.78, 5) is 9.16. The van der Waals surface area contributed by atoms with E-state index in [4.69, 9.17) is 10.3 Å². The normalized spacial score (nSPS) is 25.4. The van der Waals surface area contributed by atoms with Gasteiger partial charge in [0.25, 0.3) is 0 Å². The Labute approximate surface area is 114 Å². The summed E-state index contributed by atoms with van der Waals surface area (Å²) >= 11 is 0. The van der Waals surface area contributed by atoms with Gasteiger partial charge >= 0.3 is 0 Å². The van der Waals surface area contributed by atoms with Crippen LogP contribution in [0.5, 0.6) is 0 Å². The van der Waals surface area contributed by atoms with Crippen LogP contribution in [0.4, 0.5) is 0 Å². The first-order valence-corrected chi connectivity index (χ1v) is 7.00. The number of nitrogens with zero attached hydrogens (tertiary/aromatic N) is 4.